The molecule has 120 valence electrons. The summed E-state index contributed by atoms with van der Waals surface area (Å²) in [5.41, 5.74) is 2.49. The zero-order chi connectivity index (χ0) is 16.2. The normalized spacial score (nSPS) is 21.2. The van der Waals surface area contributed by atoms with Gasteiger partial charge in [0, 0.05) is 24.5 Å². The van der Waals surface area contributed by atoms with Gasteiger partial charge in [0.1, 0.15) is 0 Å². The van der Waals surface area contributed by atoms with Crippen molar-refractivity contribution >= 4 is 5.91 Å². The Balaban J connectivity index is 1.85. The molecule has 5 nitrogen and oxygen atoms in total. The van der Waals surface area contributed by atoms with Crippen LogP contribution in [0, 0.1) is 0 Å². The Morgan fingerprint density at radius 3 is 2.83 bits per heavy atom. The molecular weight excluding hydrogens is 292 g/mol. The van der Waals surface area contributed by atoms with Gasteiger partial charge < -0.3 is 14.7 Å². The average Bonchev–Trinajstić information content (AvgIpc) is 2.62. The standard InChI is InChI=1S/C18H20N2O3/c1-13-12-23-17(11-21)10-20(13)18(22)16-7-15(8-19-9-16)14-5-3-2-4-6-14/h2-9,13,17,21H,10-12H2,1H3. The third-order valence-corrected chi connectivity index (χ3v) is 4.06. The molecule has 0 saturated carbocycles. The minimum atomic E-state index is -0.319. The SMILES string of the molecule is CC1COC(CO)CN1C(=O)c1cncc(-c2ccccc2)c1. The van der Waals surface area contributed by atoms with Crippen LogP contribution >= 0.6 is 0 Å². The first-order chi connectivity index (χ1) is 11.2. The quantitative estimate of drug-likeness (QED) is 0.941. The zero-order valence-electron chi connectivity index (χ0n) is 13.1. The van der Waals surface area contributed by atoms with Crippen molar-refractivity contribution in [2.24, 2.45) is 0 Å². The predicted molar refractivity (Wildman–Crippen MR) is 87.0 cm³/mol. The van der Waals surface area contributed by atoms with Gasteiger partial charge in [-0.05, 0) is 18.6 Å². The molecule has 2 atom stereocenters. The summed E-state index contributed by atoms with van der Waals surface area (Å²) in [5.74, 6) is -0.0791. The van der Waals surface area contributed by atoms with Crippen molar-refractivity contribution < 1.29 is 14.6 Å². The Morgan fingerprint density at radius 2 is 2.09 bits per heavy atom. The number of hydrogen-bond donors (Lipinski definition) is 1. The number of aliphatic hydroxyl groups excluding tert-OH is 1. The molecule has 1 N–H and O–H groups in total. The molecule has 2 aromatic rings. The molecule has 2 unspecified atom stereocenters. The van der Waals surface area contributed by atoms with Gasteiger partial charge in [-0.15, -0.1) is 0 Å². The summed E-state index contributed by atoms with van der Waals surface area (Å²) in [4.78, 5) is 18.8. The van der Waals surface area contributed by atoms with Gasteiger partial charge in [0.05, 0.1) is 30.9 Å². The number of carbonyl (C=O) groups excluding carboxylic acids is 1. The summed E-state index contributed by atoms with van der Waals surface area (Å²) < 4.78 is 5.49. The lowest BCUT2D eigenvalue weighted by Crippen LogP contribution is -2.52. The van der Waals surface area contributed by atoms with E-state index >= 15 is 0 Å². The lowest BCUT2D eigenvalue weighted by molar-refractivity contribution is -0.0667. The van der Waals surface area contributed by atoms with Gasteiger partial charge in [-0.3, -0.25) is 9.78 Å². The molecule has 1 aromatic carbocycles. The van der Waals surface area contributed by atoms with E-state index in [0.29, 0.717) is 18.7 Å². The van der Waals surface area contributed by atoms with Gasteiger partial charge in [-0.2, -0.15) is 0 Å². The summed E-state index contributed by atoms with van der Waals surface area (Å²) in [6, 6.07) is 11.7. The first-order valence-electron chi connectivity index (χ1n) is 7.73. The predicted octanol–water partition coefficient (Wildman–Crippen LogP) is 1.97. The maximum Gasteiger partial charge on any atom is 0.255 e. The molecule has 1 aromatic heterocycles. The van der Waals surface area contributed by atoms with Crippen molar-refractivity contribution in [3.8, 4) is 11.1 Å². The van der Waals surface area contributed by atoms with Gasteiger partial charge in [-0.25, -0.2) is 0 Å². The van der Waals surface area contributed by atoms with Crippen molar-refractivity contribution in [2.45, 2.75) is 19.1 Å². The number of hydrogen-bond acceptors (Lipinski definition) is 4. The molecule has 1 fully saturated rings. The second kappa shape index (κ2) is 6.89. The summed E-state index contributed by atoms with van der Waals surface area (Å²) >= 11 is 0. The van der Waals surface area contributed by atoms with E-state index in [9.17, 15) is 9.90 Å². The van der Waals surface area contributed by atoms with Crippen LogP contribution in [0.1, 0.15) is 17.3 Å². The van der Waals surface area contributed by atoms with E-state index in [1.54, 1.807) is 17.3 Å². The van der Waals surface area contributed by atoms with Crippen molar-refractivity contribution in [3.63, 3.8) is 0 Å². The number of aromatic nitrogens is 1. The fourth-order valence-electron chi connectivity index (χ4n) is 2.72. The maximum atomic E-state index is 12.8. The smallest absolute Gasteiger partial charge is 0.255 e. The van der Waals surface area contributed by atoms with E-state index in [2.05, 4.69) is 4.98 Å². The highest BCUT2D eigenvalue weighted by atomic mass is 16.5. The fourth-order valence-corrected chi connectivity index (χ4v) is 2.72. The summed E-state index contributed by atoms with van der Waals surface area (Å²) in [6.45, 7) is 2.69. The van der Waals surface area contributed by atoms with Crippen molar-refractivity contribution in [1.82, 2.24) is 9.88 Å². The highest BCUT2D eigenvalue weighted by Crippen LogP contribution is 2.21. The third-order valence-electron chi connectivity index (χ3n) is 4.06. The Kier molecular flexibility index (Phi) is 4.69. The van der Waals surface area contributed by atoms with Crippen LogP contribution in [0.2, 0.25) is 0 Å². The van der Waals surface area contributed by atoms with Crippen LogP contribution in [-0.2, 0) is 4.74 Å². The van der Waals surface area contributed by atoms with E-state index < -0.39 is 0 Å². The number of ether oxygens (including phenoxy) is 1. The van der Waals surface area contributed by atoms with Gasteiger partial charge in [0.15, 0.2) is 0 Å². The molecule has 3 rings (SSSR count). The van der Waals surface area contributed by atoms with E-state index in [0.717, 1.165) is 11.1 Å². The molecular formula is C18H20N2O3. The van der Waals surface area contributed by atoms with Crippen LogP contribution in [0.15, 0.2) is 48.8 Å². The topological polar surface area (TPSA) is 62.7 Å². The Hall–Kier alpha value is -2.24. The minimum absolute atomic E-state index is 0.0225. The molecule has 0 radical (unpaired) electrons. The number of aliphatic hydroxyl groups is 1. The number of carbonyl (C=O) groups is 1. The molecule has 0 spiro atoms. The molecule has 2 heterocycles. The van der Waals surface area contributed by atoms with Crippen LogP contribution in [0.5, 0.6) is 0 Å². The third kappa shape index (κ3) is 3.41. The number of nitrogens with zero attached hydrogens (tertiary/aromatic N) is 2. The highest BCUT2D eigenvalue weighted by Gasteiger charge is 2.30. The lowest BCUT2D eigenvalue weighted by Gasteiger charge is -2.37. The number of amides is 1. The molecule has 1 aliphatic rings. The maximum absolute atomic E-state index is 12.8. The minimum Gasteiger partial charge on any atom is -0.394 e. The monoisotopic (exact) mass is 312 g/mol. The van der Waals surface area contributed by atoms with Crippen LogP contribution < -0.4 is 0 Å². The lowest BCUT2D eigenvalue weighted by atomic mass is 10.0. The van der Waals surface area contributed by atoms with Gasteiger partial charge >= 0.3 is 0 Å². The average molecular weight is 312 g/mol. The summed E-state index contributed by atoms with van der Waals surface area (Å²) in [6.07, 6.45) is 3.02. The molecule has 0 aliphatic carbocycles. The van der Waals surface area contributed by atoms with Crippen LogP contribution in [0.3, 0.4) is 0 Å². The Morgan fingerprint density at radius 1 is 1.30 bits per heavy atom. The largest absolute Gasteiger partial charge is 0.394 e. The van der Waals surface area contributed by atoms with Crippen LogP contribution in [-0.4, -0.2) is 52.8 Å². The number of rotatable bonds is 3. The van der Waals surface area contributed by atoms with Crippen LogP contribution in [0.4, 0.5) is 0 Å². The molecule has 5 heteroatoms. The highest BCUT2D eigenvalue weighted by molar-refractivity contribution is 5.95. The van der Waals surface area contributed by atoms with E-state index in [-0.39, 0.29) is 24.7 Å². The van der Waals surface area contributed by atoms with Crippen molar-refractivity contribution in [1.29, 1.82) is 0 Å². The Bertz CT molecular complexity index is 675. The molecule has 1 saturated heterocycles. The summed E-state index contributed by atoms with van der Waals surface area (Å²) in [5, 5.41) is 9.26. The van der Waals surface area contributed by atoms with E-state index in [1.807, 2.05) is 43.3 Å². The van der Waals surface area contributed by atoms with Crippen LogP contribution in [0.25, 0.3) is 11.1 Å². The van der Waals surface area contributed by atoms with Gasteiger partial charge in [0.2, 0.25) is 0 Å². The molecule has 1 amide bonds. The summed E-state index contributed by atoms with van der Waals surface area (Å²) in [7, 11) is 0. The zero-order valence-corrected chi connectivity index (χ0v) is 13.1. The van der Waals surface area contributed by atoms with Crippen molar-refractivity contribution in [3.05, 3.63) is 54.4 Å². The van der Waals surface area contributed by atoms with Gasteiger partial charge in [-0.1, -0.05) is 30.3 Å². The number of morpholine rings is 1. The number of pyridine rings is 1. The Labute approximate surface area is 135 Å². The molecule has 1 aliphatic heterocycles. The first kappa shape index (κ1) is 15.6. The fraction of sp³-hybridized carbons (Fsp3) is 0.333. The second-order valence-corrected chi connectivity index (χ2v) is 5.77. The molecule has 0 bridgehead atoms. The van der Waals surface area contributed by atoms with E-state index in [1.165, 1.54) is 0 Å². The van der Waals surface area contributed by atoms with E-state index in [4.69, 9.17) is 4.74 Å². The van der Waals surface area contributed by atoms with Gasteiger partial charge in [0.25, 0.3) is 5.91 Å². The number of benzene rings is 1. The molecule has 23 heavy (non-hydrogen) atoms. The van der Waals surface area contributed by atoms with Crippen molar-refractivity contribution in [2.75, 3.05) is 19.8 Å². The second-order valence-electron chi connectivity index (χ2n) is 5.77. The first-order valence-corrected chi connectivity index (χ1v) is 7.73.